The lowest BCUT2D eigenvalue weighted by molar-refractivity contribution is -0.114. The van der Waals surface area contributed by atoms with Gasteiger partial charge >= 0.3 is 0 Å². The molecule has 0 radical (unpaired) electrons. The van der Waals surface area contributed by atoms with Gasteiger partial charge in [-0.3, -0.25) is 9.59 Å². The van der Waals surface area contributed by atoms with Crippen LogP contribution in [0.2, 0.25) is 0 Å². The van der Waals surface area contributed by atoms with Gasteiger partial charge < -0.3 is 20.3 Å². The van der Waals surface area contributed by atoms with Crippen LogP contribution in [0.4, 0.5) is 11.4 Å². The molecule has 0 aromatic heterocycles. The molecule has 0 aliphatic carbocycles. The van der Waals surface area contributed by atoms with Crippen LogP contribution < -0.4 is 15.4 Å². The fourth-order valence-corrected chi connectivity index (χ4v) is 3.41. The molecule has 0 saturated carbocycles. The highest BCUT2D eigenvalue weighted by Gasteiger charge is 2.12. The Hall–Kier alpha value is -3.80. The van der Waals surface area contributed by atoms with Crippen LogP contribution in [0.1, 0.15) is 29.8 Å². The predicted octanol–water partition coefficient (Wildman–Crippen LogP) is 4.84. The molecule has 2 amide bonds. The van der Waals surface area contributed by atoms with Crippen LogP contribution in [-0.2, 0) is 11.2 Å². The second kappa shape index (κ2) is 12.3. The zero-order valence-electron chi connectivity index (χ0n) is 19.2. The van der Waals surface area contributed by atoms with E-state index in [0.717, 1.165) is 12.1 Å². The highest BCUT2D eigenvalue weighted by molar-refractivity contribution is 5.95. The standard InChI is InChI=1S/C27H31N3O3/c1-3-30(4-2)27(32)22-13-15-23(16-14-22)28-20-26(31)29-24-11-8-12-25(19-24)33-18-17-21-9-6-5-7-10-21/h5-16,19,28H,3-4,17-18,20H2,1-2H3,(H,29,31). The van der Waals surface area contributed by atoms with Gasteiger partial charge in [0.1, 0.15) is 5.75 Å². The van der Waals surface area contributed by atoms with Gasteiger partial charge in [0.25, 0.3) is 5.91 Å². The molecule has 0 atom stereocenters. The van der Waals surface area contributed by atoms with Gasteiger partial charge in [-0.1, -0.05) is 36.4 Å². The summed E-state index contributed by atoms with van der Waals surface area (Å²) in [5, 5.41) is 5.97. The van der Waals surface area contributed by atoms with Gasteiger partial charge in [0.05, 0.1) is 13.2 Å². The van der Waals surface area contributed by atoms with Gasteiger partial charge in [-0.25, -0.2) is 0 Å². The highest BCUT2D eigenvalue weighted by atomic mass is 16.5. The zero-order valence-corrected chi connectivity index (χ0v) is 19.2. The number of carbonyl (C=O) groups is 2. The average Bonchev–Trinajstić information content (AvgIpc) is 2.85. The van der Waals surface area contributed by atoms with Crippen molar-refractivity contribution in [3.8, 4) is 5.75 Å². The molecule has 0 fully saturated rings. The quantitative estimate of drug-likeness (QED) is 0.443. The Balaban J connectivity index is 1.46. The van der Waals surface area contributed by atoms with Crippen molar-refractivity contribution in [2.45, 2.75) is 20.3 Å². The number of carbonyl (C=O) groups excluding carboxylic acids is 2. The van der Waals surface area contributed by atoms with Gasteiger partial charge in [-0.05, 0) is 55.8 Å². The molecule has 0 bridgehead atoms. The molecule has 0 heterocycles. The summed E-state index contributed by atoms with van der Waals surface area (Å²) in [6.45, 7) is 5.95. The van der Waals surface area contributed by atoms with Gasteiger partial charge in [0, 0.05) is 42.5 Å². The number of hydrogen-bond donors (Lipinski definition) is 2. The van der Waals surface area contributed by atoms with E-state index in [0.29, 0.717) is 36.7 Å². The van der Waals surface area contributed by atoms with Crippen molar-refractivity contribution in [3.05, 3.63) is 90.0 Å². The fourth-order valence-electron chi connectivity index (χ4n) is 3.41. The Morgan fingerprint density at radius 1 is 0.848 bits per heavy atom. The smallest absolute Gasteiger partial charge is 0.253 e. The van der Waals surface area contributed by atoms with E-state index < -0.39 is 0 Å². The molecule has 6 heteroatoms. The maximum Gasteiger partial charge on any atom is 0.253 e. The largest absolute Gasteiger partial charge is 0.493 e. The second-order valence-corrected chi connectivity index (χ2v) is 7.57. The fraction of sp³-hybridized carbons (Fsp3) is 0.259. The third-order valence-electron chi connectivity index (χ3n) is 5.26. The minimum absolute atomic E-state index is 0.00941. The molecular formula is C27H31N3O3. The summed E-state index contributed by atoms with van der Waals surface area (Å²) in [6, 6.07) is 24.7. The maximum absolute atomic E-state index is 12.4. The number of rotatable bonds is 11. The molecule has 0 unspecified atom stereocenters. The Labute approximate surface area is 195 Å². The zero-order chi connectivity index (χ0) is 23.5. The van der Waals surface area contributed by atoms with Crippen molar-refractivity contribution in [2.75, 3.05) is 36.9 Å². The first-order valence-corrected chi connectivity index (χ1v) is 11.3. The van der Waals surface area contributed by atoms with Crippen LogP contribution in [0, 0.1) is 0 Å². The van der Waals surface area contributed by atoms with Gasteiger partial charge in [-0.15, -0.1) is 0 Å². The summed E-state index contributed by atoms with van der Waals surface area (Å²) in [5.41, 5.74) is 3.31. The lowest BCUT2D eigenvalue weighted by Crippen LogP contribution is -2.30. The number of benzene rings is 3. The average molecular weight is 446 g/mol. The Bertz CT molecular complexity index is 1030. The summed E-state index contributed by atoms with van der Waals surface area (Å²) in [4.78, 5) is 26.5. The normalized spacial score (nSPS) is 10.4. The molecule has 6 nitrogen and oxygen atoms in total. The van der Waals surface area contributed by atoms with Crippen molar-refractivity contribution in [2.24, 2.45) is 0 Å². The first kappa shape index (κ1) is 23.9. The van der Waals surface area contributed by atoms with Crippen molar-refractivity contribution >= 4 is 23.2 Å². The summed E-state index contributed by atoms with van der Waals surface area (Å²) in [6.07, 6.45) is 0.820. The van der Waals surface area contributed by atoms with Crippen molar-refractivity contribution < 1.29 is 14.3 Å². The number of anilines is 2. The molecule has 3 rings (SSSR count). The molecule has 0 spiro atoms. The van der Waals surface area contributed by atoms with Crippen LogP contribution in [0.3, 0.4) is 0 Å². The minimum Gasteiger partial charge on any atom is -0.493 e. The van der Waals surface area contributed by atoms with Crippen LogP contribution in [0.5, 0.6) is 5.75 Å². The van der Waals surface area contributed by atoms with Gasteiger partial charge in [0.15, 0.2) is 0 Å². The lowest BCUT2D eigenvalue weighted by Gasteiger charge is -2.18. The van der Waals surface area contributed by atoms with Crippen molar-refractivity contribution in [3.63, 3.8) is 0 Å². The third kappa shape index (κ3) is 7.38. The minimum atomic E-state index is -0.167. The van der Waals surface area contributed by atoms with E-state index in [-0.39, 0.29) is 18.4 Å². The van der Waals surface area contributed by atoms with E-state index >= 15 is 0 Å². The number of nitrogens with one attached hydrogen (secondary N) is 2. The van der Waals surface area contributed by atoms with E-state index in [4.69, 9.17) is 4.74 Å². The predicted molar refractivity (Wildman–Crippen MR) is 133 cm³/mol. The summed E-state index contributed by atoms with van der Waals surface area (Å²) in [5.74, 6) is 0.556. The SMILES string of the molecule is CCN(CC)C(=O)c1ccc(NCC(=O)Nc2cccc(OCCc3ccccc3)c2)cc1. The molecular weight excluding hydrogens is 414 g/mol. The van der Waals surface area contributed by atoms with E-state index in [2.05, 4.69) is 22.8 Å². The monoisotopic (exact) mass is 445 g/mol. The summed E-state index contributed by atoms with van der Waals surface area (Å²) in [7, 11) is 0. The lowest BCUT2D eigenvalue weighted by atomic mass is 10.1. The van der Waals surface area contributed by atoms with Crippen LogP contribution in [0.15, 0.2) is 78.9 Å². The number of nitrogens with zero attached hydrogens (tertiary/aromatic N) is 1. The third-order valence-corrected chi connectivity index (χ3v) is 5.26. The van der Waals surface area contributed by atoms with Crippen LogP contribution >= 0.6 is 0 Å². The van der Waals surface area contributed by atoms with E-state index in [9.17, 15) is 9.59 Å². The first-order valence-electron chi connectivity index (χ1n) is 11.3. The van der Waals surface area contributed by atoms with Crippen molar-refractivity contribution in [1.82, 2.24) is 4.90 Å². The first-order chi connectivity index (χ1) is 16.1. The maximum atomic E-state index is 12.4. The molecule has 33 heavy (non-hydrogen) atoms. The van der Waals surface area contributed by atoms with Crippen LogP contribution in [0.25, 0.3) is 0 Å². The molecule has 0 saturated heterocycles. The Morgan fingerprint density at radius 2 is 1.58 bits per heavy atom. The molecule has 2 N–H and O–H groups in total. The molecule has 0 aliphatic heterocycles. The highest BCUT2D eigenvalue weighted by Crippen LogP contribution is 2.18. The number of hydrogen-bond acceptors (Lipinski definition) is 4. The second-order valence-electron chi connectivity index (χ2n) is 7.57. The van der Waals surface area contributed by atoms with E-state index in [1.807, 2.05) is 68.4 Å². The van der Waals surface area contributed by atoms with E-state index in [1.54, 1.807) is 17.0 Å². The van der Waals surface area contributed by atoms with Gasteiger partial charge in [0.2, 0.25) is 5.91 Å². The summed E-state index contributed by atoms with van der Waals surface area (Å²) < 4.78 is 5.83. The Morgan fingerprint density at radius 3 is 2.27 bits per heavy atom. The van der Waals surface area contributed by atoms with Gasteiger partial charge in [-0.2, -0.15) is 0 Å². The van der Waals surface area contributed by atoms with E-state index in [1.165, 1.54) is 5.56 Å². The molecule has 3 aromatic carbocycles. The topological polar surface area (TPSA) is 70.7 Å². The molecule has 172 valence electrons. The van der Waals surface area contributed by atoms with Crippen LogP contribution in [-0.4, -0.2) is 43.0 Å². The summed E-state index contributed by atoms with van der Waals surface area (Å²) >= 11 is 0. The Kier molecular flexibility index (Phi) is 8.88. The molecule has 3 aromatic rings. The number of ether oxygens (including phenoxy) is 1. The van der Waals surface area contributed by atoms with Crippen molar-refractivity contribution in [1.29, 1.82) is 0 Å². The molecule has 0 aliphatic rings. The number of amides is 2.